The average Bonchev–Trinajstić information content (AvgIpc) is 3.27. The number of hydrogen-bond acceptors (Lipinski definition) is 0. The van der Waals surface area contributed by atoms with Crippen molar-refractivity contribution in [1.29, 1.82) is 0 Å². The molecule has 0 heterocycles. The molecule has 0 fully saturated rings. The maximum atomic E-state index is 2.62. The van der Waals surface area contributed by atoms with E-state index in [1.807, 2.05) is 0 Å². The summed E-state index contributed by atoms with van der Waals surface area (Å²) in [6.07, 6.45) is 6.27. The van der Waals surface area contributed by atoms with Gasteiger partial charge < -0.3 is 0 Å². The summed E-state index contributed by atoms with van der Waals surface area (Å²) < 4.78 is 5.23. The molecule has 0 bridgehead atoms. The van der Waals surface area contributed by atoms with Crippen LogP contribution < -0.4 is 3.27 Å². The second kappa shape index (κ2) is 11.0. The first-order valence-corrected chi connectivity index (χ1v) is 17.1. The summed E-state index contributed by atoms with van der Waals surface area (Å²) >= 11 is -2.30. The van der Waals surface area contributed by atoms with Gasteiger partial charge >= 0.3 is 224 Å². The molecule has 4 rings (SSSR count). The average molecular weight is 619 g/mol. The maximum absolute atomic E-state index is 2.62. The largest absolute Gasteiger partial charge is 0.147 e. The van der Waals surface area contributed by atoms with Crippen LogP contribution in [-0.2, 0) is 38.5 Å². The quantitative estimate of drug-likeness (QED) is 0.268. The summed E-state index contributed by atoms with van der Waals surface area (Å²) in [5, 5.41) is 0. The molecular weight excluding hydrogens is 571 g/mol. The van der Waals surface area contributed by atoms with E-state index in [9.17, 15) is 0 Å². The molecule has 0 saturated heterocycles. The Kier molecular flexibility index (Phi) is 9.67. The van der Waals surface area contributed by atoms with Crippen LogP contribution >= 0.6 is 24.8 Å². The van der Waals surface area contributed by atoms with Crippen molar-refractivity contribution < 1.29 is 21.3 Å². The van der Waals surface area contributed by atoms with Gasteiger partial charge in [-0.1, -0.05) is 0 Å². The zero-order valence-corrected chi connectivity index (χ0v) is 29.2. The van der Waals surface area contributed by atoms with E-state index in [0.717, 1.165) is 6.42 Å². The van der Waals surface area contributed by atoms with Crippen LogP contribution in [0.25, 0.3) is 11.1 Å². The molecule has 3 heteroatoms. The minimum absolute atomic E-state index is 0. The minimum atomic E-state index is -2.30. The summed E-state index contributed by atoms with van der Waals surface area (Å²) in [5.41, 5.74) is 11.2. The van der Waals surface area contributed by atoms with Gasteiger partial charge in [0.05, 0.1) is 0 Å². The van der Waals surface area contributed by atoms with Crippen LogP contribution in [0.5, 0.6) is 0 Å². The van der Waals surface area contributed by atoms with Gasteiger partial charge in [0.15, 0.2) is 0 Å². The molecule has 37 heavy (non-hydrogen) atoms. The van der Waals surface area contributed by atoms with Crippen LogP contribution in [0.1, 0.15) is 105 Å². The van der Waals surface area contributed by atoms with Gasteiger partial charge in [0.25, 0.3) is 0 Å². The monoisotopic (exact) mass is 616 g/mol. The van der Waals surface area contributed by atoms with E-state index in [2.05, 4.69) is 126 Å². The van der Waals surface area contributed by atoms with Gasteiger partial charge in [-0.15, -0.1) is 24.8 Å². The summed E-state index contributed by atoms with van der Waals surface area (Å²) in [4.78, 5) is 0. The van der Waals surface area contributed by atoms with Crippen LogP contribution in [-0.4, -0.2) is 3.21 Å². The molecule has 2 aliphatic carbocycles. The number of benzene rings is 2. The molecular formula is C34H48Cl2Zr. The second-order valence-corrected chi connectivity index (χ2v) is 21.1. The summed E-state index contributed by atoms with van der Waals surface area (Å²) in [7, 11) is 0. The van der Waals surface area contributed by atoms with Crippen LogP contribution in [0.2, 0.25) is 0 Å². The van der Waals surface area contributed by atoms with Crippen molar-refractivity contribution in [2.75, 3.05) is 0 Å². The fraction of sp³-hybridized carbons (Fsp3) is 0.500. The summed E-state index contributed by atoms with van der Waals surface area (Å²) in [6, 6.07) is 12.2. The molecule has 2 aromatic carbocycles. The van der Waals surface area contributed by atoms with Crippen LogP contribution in [0, 0.1) is 11.3 Å². The van der Waals surface area contributed by atoms with E-state index < -0.39 is 21.3 Å². The molecule has 0 aromatic heterocycles. The predicted molar refractivity (Wildman–Crippen MR) is 167 cm³/mol. The molecule has 0 aliphatic heterocycles. The number of halogens is 2. The summed E-state index contributed by atoms with van der Waals surface area (Å²) in [5.74, 6) is 0.550. The Morgan fingerprint density at radius 3 is 1.86 bits per heavy atom. The Morgan fingerprint density at radius 2 is 1.38 bits per heavy atom. The van der Waals surface area contributed by atoms with Gasteiger partial charge in [-0.2, -0.15) is 0 Å². The Balaban J connectivity index is 0.00000241. The van der Waals surface area contributed by atoms with Crippen molar-refractivity contribution in [3.63, 3.8) is 0 Å². The third-order valence-electron chi connectivity index (χ3n) is 7.89. The molecule has 2 aromatic rings. The number of allylic oxidation sites excluding steroid dienone is 4. The van der Waals surface area contributed by atoms with Crippen molar-refractivity contribution in [1.82, 2.24) is 0 Å². The van der Waals surface area contributed by atoms with Crippen molar-refractivity contribution in [2.45, 2.75) is 100 Å². The zero-order chi connectivity index (χ0) is 26.1. The van der Waals surface area contributed by atoms with Crippen LogP contribution in [0.4, 0.5) is 0 Å². The summed E-state index contributed by atoms with van der Waals surface area (Å²) in [6.45, 7) is 28.6. The first kappa shape index (κ1) is 32.5. The predicted octanol–water partition coefficient (Wildman–Crippen LogP) is 9.66. The van der Waals surface area contributed by atoms with E-state index >= 15 is 0 Å². The normalized spacial score (nSPS) is 16.7. The van der Waals surface area contributed by atoms with Crippen molar-refractivity contribution in [3.05, 3.63) is 73.6 Å². The molecule has 0 spiro atoms. The van der Waals surface area contributed by atoms with E-state index in [1.165, 1.54) is 27.8 Å². The molecule has 1 unspecified atom stereocenters. The van der Waals surface area contributed by atoms with Crippen LogP contribution in [0.15, 0.2) is 51.3 Å². The van der Waals surface area contributed by atoms with Crippen molar-refractivity contribution in [2.24, 2.45) is 11.3 Å². The van der Waals surface area contributed by atoms with Gasteiger partial charge in [-0.3, -0.25) is 0 Å². The van der Waals surface area contributed by atoms with Gasteiger partial charge in [0, 0.05) is 0 Å². The fourth-order valence-corrected chi connectivity index (χ4v) is 14.3. The van der Waals surface area contributed by atoms with Crippen LogP contribution in [0.3, 0.4) is 0 Å². The smallest absolute Gasteiger partial charge is 0.147 e. The molecule has 0 saturated carbocycles. The van der Waals surface area contributed by atoms with E-state index in [4.69, 9.17) is 0 Å². The molecule has 0 N–H and O–H groups in total. The maximum Gasteiger partial charge on any atom is -0.147 e. The van der Waals surface area contributed by atoms with Gasteiger partial charge in [0.2, 0.25) is 0 Å². The van der Waals surface area contributed by atoms with Gasteiger partial charge in [-0.05, 0) is 0 Å². The third-order valence-corrected chi connectivity index (χ3v) is 15.9. The topological polar surface area (TPSA) is 0 Å². The second-order valence-electron chi connectivity index (χ2n) is 14.2. The fourth-order valence-electron chi connectivity index (χ4n) is 5.81. The zero-order valence-electron chi connectivity index (χ0n) is 25.1. The molecule has 0 radical (unpaired) electrons. The number of rotatable bonds is 2. The molecule has 202 valence electrons. The van der Waals surface area contributed by atoms with Crippen molar-refractivity contribution >= 4 is 31.3 Å². The molecule has 0 amide bonds. The molecule has 1 atom stereocenters. The Hall–Kier alpha value is -0.747. The first-order valence-electron chi connectivity index (χ1n) is 13.4. The minimum Gasteiger partial charge on any atom is -0.147 e. The SMILES string of the molecule is C[C](C)=[Zr]([C]1=CC(C(C)(C)C)=CC1C)[c]1c(C(C)(C)C)ccc2c1Cc1cc(C(C)(C)C)ccc1-2.Cl.Cl. The van der Waals surface area contributed by atoms with E-state index in [1.54, 1.807) is 20.9 Å². The Morgan fingerprint density at radius 1 is 0.784 bits per heavy atom. The standard InChI is InChI=1S/C21H25.C10H15.C3H6.2ClH.Zr/c1-20(2,3)16-7-9-18-14(12-16)11-15-13-17(21(4,5)6)8-10-19(15)18;1-8-5-6-9(7-8)10(2,3)4;1-3-2;;;/h7-10,12H,11H2,1-6H3;6-8H,1-4H3;1-2H3;2*1H;. The number of fused-ring (bicyclic) bond motifs is 3. The first-order chi connectivity index (χ1) is 16.0. The Labute approximate surface area is 247 Å². The Bertz CT molecular complexity index is 1280. The molecule has 0 nitrogen and oxygen atoms in total. The van der Waals surface area contributed by atoms with E-state index in [-0.39, 0.29) is 41.1 Å². The van der Waals surface area contributed by atoms with Gasteiger partial charge in [-0.25, -0.2) is 0 Å². The molecule has 2 aliphatic rings. The van der Waals surface area contributed by atoms with Gasteiger partial charge in [0.1, 0.15) is 0 Å². The number of hydrogen-bond donors (Lipinski definition) is 0. The third kappa shape index (κ3) is 6.21. The van der Waals surface area contributed by atoms with E-state index in [0.29, 0.717) is 5.92 Å². The van der Waals surface area contributed by atoms with Crippen molar-refractivity contribution in [3.8, 4) is 11.1 Å².